The summed E-state index contributed by atoms with van der Waals surface area (Å²) < 4.78 is 46.1. The molecule has 6 heterocycles. The van der Waals surface area contributed by atoms with Crippen LogP contribution in [0.3, 0.4) is 0 Å². The molecule has 11 heteroatoms. The van der Waals surface area contributed by atoms with Gasteiger partial charge in [-0.1, -0.05) is 72.7 Å². The Morgan fingerprint density at radius 2 is 1.73 bits per heavy atom. The second-order valence-corrected chi connectivity index (χ2v) is 16.1. The van der Waals surface area contributed by atoms with Gasteiger partial charge in [-0.3, -0.25) is 4.90 Å². The number of pyridine rings is 1. The van der Waals surface area contributed by atoms with Gasteiger partial charge in [0.15, 0.2) is 5.82 Å². The zero-order chi connectivity index (χ0) is 40.1. The molecule has 3 atom stereocenters. The Morgan fingerprint density at radius 1 is 0.932 bits per heavy atom. The van der Waals surface area contributed by atoms with E-state index >= 15 is 8.78 Å². The van der Waals surface area contributed by atoms with Gasteiger partial charge in [-0.15, -0.1) is 6.42 Å². The van der Waals surface area contributed by atoms with Crippen molar-refractivity contribution < 1.29 is 23.4 Å². The minimum absolute atomic E-state index is 0.00343. The Bertz CT molecular complexity index is 2610. The number of halogens is 2. The van der Waals surface area contributed by atoms with Crippen molar-refractivity contribution in [2.45, 2.75) is 62.6 Å². The number of hydrogen-bond donors (Lipinski definition) is 1. The van der Waals surface area contributed by atoms with Crippen molar-refractivity contribution in [3.8, 4) is 29.6 Å². The molecule has 9 nitrogen and oxygen atoms in total. The van der Waals surface area contributed by atoms with Crippen LogP contribution in [0.1, 0.15) is 60.9 Å². The van der Waals surface area contributed by atoms with Gasteiger partial charge in [0.1, 0.15) is 29.5 Å². The van der Waals surface area contributed by atoms with Gasteiger partial charge in [0.2, 0.25) is 0 Å². The molecule has 4 aliphatic rings. The first kappa shape index (κ1) is 37.5. The summed E-state index contributed by atoms with van der Waals surface area (Å²) in [5.74, 6) is 1.87. The molecule has 3 saturated heterocycles. The van der Waals surface area contributed by atoms with E-state index in [1.165, 1.54) is 6.07 Å². The number of aryl methyl sites for hydroxylation is 1. The van der Waals surface area contributed by atoms with Crippen molar-refractivity contribution in [1.82, 2.24) is 19.9 Å². The van der Waals surface area contributed by atoms with E-state index in [0.29, 0.717) is 78.1 Å². The molecule has 2 aromatic heterocycles. The molecule has 4 aromatic carbocycles. The molecule has 6 aromatic rings. The van der Waals surface area contributed by atoms with E-state index < -0.39 is 11.6 Å². The van der Waals surface area contributed by atoms with Gasteiger partial charge < -0.3 is 19.5 Å². The number of anilines is 1. The van der Waals surface area contributed by atoms with Crippen molar-refractivity contribution in [2.75, 3.05) is 44.4 Å². The summed E-state index contributed by atoms with van der Waals surface area (Å²) in [6.07, 6.45) is 11.8. The summed E-state index contributed by atoms with van der Waals surface area (Å²) in [6.45, 7) is 3.14. The van der Waals surface area contributed by atoms with Crippen LogP contribution in [0, 0.1) is 24.0 Å². The van der Waals surface area contributed by atoms with Gasteiger partial charge in [-0.2, -0.15) is 9.97 Å². The molecule has 298 valence electrons. The molecular weight excluding hydrogens is 747 g/mol. The van der Waals surface area contributed by atoms with Crippen LogP contribution in [-0.2, 0) is 11.2 Å². The maximum atomic E-state index is 17.9. The number of aliphatic hydroxyl groups excluding tert-OH is 1. The fourth-order valence-corrected chi connectivity index (χ4v) is 9.93. The SMILES string of the molecule is C#Cc1c(F)ccc2cc(N=C(c3ccccc3)c3ccccc3)cc(-c3nc4c5c(nc(OC[C@@]67CCCN6[C@H](CO)CC7)nc5c3F)N3CCCOC[C@@H]3CC4)c12. The third-order valence-electron chi connectivity index (χ3n) is 12.7. The zero-order valence-electron chi connectivity index (χ0n) is 32.7. The summed E-state index contributed by atoms with van der Waals surface area (Å²) in [4.78, 5) is 24.8. The van der Waals surface area contributed by atoms with Gasteiger partial charge in [-0.25, -0.2) is 18.8 Å². The minimum atomic E-state index is -0.676. The number of ether oxygens (including phenoxy) is 2. The van der Waals surface area contributed by atoms with Gasteiger partial charge >= 0.3 is 6.01 Å². The Labute approximate surface area is 341 Å². The number of aliphatic imine (C=N–C) groups is 1. The second-order valence-electron chi connectivity index (χ2n) is 16.1. The van der Waals surface area contributed by atoms with Crippen LogP contribution >= 0.6 is 0 Å². The Kier molecular flexibility index (Phi) is 9.79. The van der Waals surface area contributed by atoms with Crippen molar-refractivity contribution in [3.63, 3.8) is 0 Å². The van der Waals surface area contributed by atoms with E-state index in [2.05, 4.69) is 15.7 Å². The Morgan fingerprint density at radius 3 is 2.49 bits per heavy atom. The molecule has 0 saturated carbocycles. The molecule has 0 spiro atoms. The van der Waals surface area contributed by atoms with Crippen molar-refractivity contribution >= 4 is 38.9 Å². The lowest BCUT2D eigenvalue weighted by Gasteiger charge is -2.34. The van der Waals surface area contributed by atoms with Gasteiger partial charge in [-0.05, 0) is 75.1 Å². The van der Waals surface area contributed by atoms with Crippen LogP contribution in [0.5, 0.6) is 6.01 Å². The summed E-state index contributed by atoms with van der Waals surface area (Å²) in [5, 5.41) is 11.6. The molecule has 4 aliphatic heterocycles. The normalized spacial score (nSPS) is 21.4. The van der Waals surface area contributed by atoms with E-state index in [0.717, 1.165) is 55.5 Å². The van der Waals surface area contributed by atoms with Crippen molar-refractivity contribution in [3.05, 3.63) is 119 Å². The lowest BCUT2D eigenvalue weighted by molar-refractivity contribution is 0.0644. The number of rotatable bonds is 8. The van der Waals surface area contributed by atoms with E-state index in [-0.39, 0.29) is 47.0 Å². The highest BCUT2D eigenvalue weighted by Gasteiger charge is 2.49. The van der Waals surface area contributed by atoms with E-state index in [1.54, 1.807) is 12.1 Å². The number of terminal acetylenes is 1. The summed E-state index contributed by atoms with van der Waals surface area (Å²) in [7, 11) is 0. The number of hydrogen-bond acceptors (Lipinski definition) is 9. The third-order valence-corrected chi connectivity index (χ3v) is 12.7. The average Bonchev–Trinajstić information content (AvgIpc) is 3.69. The maximum absolute atomic E-state index is 17.9. The summed E-state index contributed by atoms with van der Waals surface area (Å²) in [6, 6.07) is 26.5. The molecule has 0 unspecified atom stereocenters. The fourth-order valence-electron chi connectivity index (χ4n) is 9.93. The lowest BCUT2D eigenvalue weighted by Crippen LogP contribution is -2.47. The van der Waals surface area contributed by atoms with Crippen LogP contribution in [0.2, 0.25) is 0 Å². The highest BCUT2D eigenvalue weighted by molar-refractivity contribution is 6.14. The Balaban J connectivity index is 1.18. The fraction of sp³-hybridized carbons (Fsp3) is 0.333. The molecule has 10 rings (SSSR count). The molecule has 1 N–H and O–H groups in total. The van der Waals surface area contributed by atoms with Gasteiger partial charge in [0.05, 0.1) is 52.8 Å². The molecule has 0 aliphatic carbocycles. The van der Waals surface area contributed by atoms with E-state index in [9.17, 15) is 5.11 Å². The maximum Gasteiger partial charge on any atom is 0.319 e. The third kappa shape index (κ3) is 6.60. The largest absolute Gasteiger partial charge is 0.461 e. The average molecular weight is 791 g/mol. The number of aromatic nitrogens is 3. The first-order valence-corrected chi connectivity index (χ1v) is 20.6. The van der Waals surface area contributed by atoms with Crippen LogP contribution in [0.15, 0.2) is 89.9 Å². The molecule has 0 radical (unpaired) electrons. The summed E-state index contributed by atoms with van der Waals surface area (Å²) in [5.41, 5.74) is 3.87. The van der Waals surface area contributed by atoms with E-state index in [4.69, 9.17) is 35.8 Å². The second kappa shape index (κ2) is 15.4. The molecule has 0 amide bonds. The predicted octanol–water partition coefficient (Wildman–Crippen LogP) is 8.18. The standard InChI is InChI=1S/C48H44F2N6O3/c1-2-36-38(49)17-15-32-25-33(51-43(30-11-5-3-6-12-30)31-13-7-4-8-14-31)26-37(40(32)36)44-42(50)45-41-39(52-44)18-16-35-28-58-24-10-22-55(35)46(41)54-47(53-45)59-29-48-20-9-23-56(48)34(27-57)19-21-48/h1,3-8,11-15,17,25-26,34-35,57H,9-10,16,18-24,27-29H2/t34-,35-,48-/m0/s1. The number of aliphatic hydroxyl groups is 1. The highest BCUT2D eigenvalue weighted by atomic mass is 19.1. The topological polar surface area (TPSA) is 96.2 Å². The van der Waals surface area contributed by atoms with Gasteiger partial charge in [0.25, 0.3) is 0 Å². The van der Waals surface area contributed by atoms with Crippen molar-refractivity contribution in [1.29, 1.82) is 0 Å². The van der Waals surface area contributed by atoms with Gasteiger partial charge in [0, 0.05) is 41.3 Å². The number of fused-ring (bicyclic) bond motifs is 4. The minimum Gasteiger partial charge on any atom is -0.461 e. The van der Waals surface area contributed by atoms with E-state index in [1.807, 2.05) is 66.7 Å². The monoisotopic (exact) mass is 790 g/mol. The highest BCUT2D eigenvalue weighted by Crippen LogP contribution is 2.45. The predicted molar refractivity (Wildman–Crippen MR) is 225 cm³/mol. The van der Waals surface area contributed by atoms with Crippen LogP contribution in [0.4, 0.5) is 20.3 Å². The van der Waals surface area contributed by atoms with Crippen LogP contribution < -0.4 is 9.64 Å². The lowest BCUT2D eigenvalue weighted by atomic mass is 9.94. The Hall–Kier alpha value is -5.80. The van der Waals surface area contributed by atoms with Crippen LogP contribution in [0.25, 0.3) is 32.9 Å². The first-order valence-electron chi connectivity index (χ1n) is 20.6. The smallest absolute Gasteiger partial charge is 0.319 e. The zero-order valence-corrected chi connectivity index (χ0v) is 32.7. The number of nitrogens with zero attached hydrogens (tertiary/aromatic N) is 6. The molecule has 59 heavy (non-hydrogen) atoms. The quantitative estimate of drug-likeness (QED) is 0.122. The van der Waals surface area contributed by atoms with Crippen LogP contribution in [-0.4, -0.2) is 87.8 Å². The summed E-state index contributed by atoms with van der Waals surface area (Å²) >= 11 is 0. The first-order chi connectivity index (χ1) is 28.9. The molecular formula is C48H44F2N6O3. The molecule has 3 fully saturated rings. The molecule has 0 bridgehead atoms. The number of benzene rings is 4. The van der Waals surface area contributed by atoms with Crippen molar-refractivity contribution in [2.24, 2.45) is 4.99 Å².